The van der Waals surface area contributed by atoms with E-state index in [2.05, 4.69) is 10.4 Å². The minimum Gasteiger partial charge on any atom is -0.365 e. The van der Waals surface area contributed by atoms with Crippen molar-refractivity contribution in [2.45, 2.75) is 43.0 Å². The highest BCUT2D eigenvalue weighted by Crippen LogP contribution is 2.31. The molecule has 2 aliphatic rings. The number of amides is 1. The van der Waals surface area contributed by atoms with Gasteiger partial charge in [-0.15, -0.1) is 0 Å². The van der Waals surface area contributed by atoms with Gasteiger partial charge in [0.05, 0.1) is 16.7 Å². The lowest BCUT2D eigenvalue weighted by Crippen LogP contribution is -2.23. The van der Waals surface area contributed by atoms with E-state index in [0.29, 0.717) is 28.5 Å². The molecule has 142 valence electrons. The molecule has 2 aromatic rings. The summed E-state index contributed by atoms with van der Waals surface area (Å²) in [5, 5.41) is 15.7. The molecule has 1 aliphatic carbocycles. The van der Waals surface area contributed by atoms with Gasteiger partial charge in [-0.05, 0) is 49.4 Å². The highest BCUT2D eigenvalue weighted by molar-refractivity contribution is 7.91. The fourth-order valence-corrected chi connectivity index (χ4v) is 5.30. The van der Waals surface area contributed by atoms with Crippen LogP contribution in [-0.4, -0.2) is 35.6 Å². The van der Waals surface area contributed by atoms with Crippen LogP contribution >= 0.6 is 0 Å². The number of carbonyl (C=O) groups excluding carboxylic acids is 1. The number of benzene rings is 1. The van der Waals surface area contributed by atoms with Crippen molar-refractivity contribution in [3.8, 4) is 0 Å². The maximum absolute atomic E-state index is 12.0. The van der Waals surface area contributed by atoms with Crippen LogP contribution in [0.1, 0.15) is 47.6 Å². The second kappa shape index (κ2) is 6.49. The predicted octanol–water partition coefficient (Wildman–Crippen LogP) is 2.19. The number of nitrogens with zero attached hydrogens (tertiary/aromatic N) is 2. The summed E-state index contributed by atoms with van der Waals surface area (Å²) in [7, 11) is -3.18. The van der Waals surface area contributed by atoms with Crippen molar-refractivity contribution >= 4 is 33.0 Å². The van der Waals surface area contributed by atoms with Crippen LogP contribution in [0.5, 0.6) is 0 Å². The van der Waals surface area contributed by atoms with Crippen LogP contribution in [0.2, 0.25) is 0 Å². The third-order valence-electron chi connectivity index (χ3n) is 5.19. The Kier molecular flexibility index (Phi) is 4.26. The first kappa shape index (κ1) is 17.7. The van der Waals surface area contributed by atoms with Gasteiger partial charge >= 0.3 is 0 Å². The van der Waals surface area contributed by atoms with E-state index >= 15 is 0 Å². The number of nitrogens with one attached hydrogen (secondary N) is 2. The first-order valence-corrected chi connectivity index (χ1v) is 10.6. The second-order valence-corrected chi connectivity index (χ2v) is 9.12. The molecule has 27 heavy (non-hydrogen) atoms. The van der Waals surface area contributed by atoms with Crippen molar-refractivity contribution in [3.05, 3.63) is 35.5 Å². The van der Waals surface area contributed by atoms with Gasteiger partial charge < -0.3 is 16.5 Å². The molecule has 4 N–H and O–H groups in total. The first-order valence-electron chi connectivity index (χ1n) is 8.94. The Balaban J connectivity index is 1.66. The standard InChI is InChI=1S/C18H21N5O3S/c19-14-3-1-2-4-15(14)23-10-13(17(20)24)18(22-23)21-12-5-6-16-11(9-12)7-8-27(16,25)26/h5-6,9-10,15,19H,1-4,7-8H2,(H2,20,24)(H,21,22)/t15-/m1/s1. The molecule has 0 bridgehead atoms. The van der Waals surface area contributed by atoms with Gasteiger partial charge in [-0.2, -0.15) is 5.10 Å². The summed E-state index contributed by atoms with van der Waals surface area (Å²) >= 11 is 0. The van der Waals surface area contributed by atoms with Crippen molar-refractivity contribution < 1.29 is 13.2 Å². The Labute approximate surface area is 157 Å². The number of aromatic nitrogens is 2. The third kappa shape index (κ3) is 3.23. The van der Waals surface area contributed by atoms with Crippen LogP contribution in [0.25, 0.3) is 0 Å². The Morgan fingerprint density at radius 2 is 2.11 bits per heavy atom. The lowest BCUT2D eigenvalue weighted by molar-refractivity contribution is 0.100. The van der Waals surface area contributed by atoms with Crippen LogP contribution < -0.4 is 11.1 Å². The molecule has 8 nitrogen and oxygen atoms in total. The van der Waals surface area contributed by atoms with Gasteiger partial charge in [0.1, 0.15) is 5.56 Å². The predicted molar refractivity (Wildman–Crippen MR) is 101 cm³/mol. The molecule has 1 fully saturated rings. The zero-order chi connectivity index (χ0) is 19.2. The van der Waals surface area contributed by atoms with E-state index in [1.54, 1.807) is 29.1 Å². The van der Waals surface area contributed by atoms with E-state index in [9.17, 15) is 13.2 Å². The monoisotopic (exact) mass is 387 g/mol. The Morgan fingerprint density at radius 3 is 2.85 bits per heavy atom. The van der Waals surface area contributed by atoms with Crippen LogP contribution in [-0.2, 0) is 16.3 Å². The summed E-state index contributed by atoms with van der Waals surface area (Å²) < 4.78 is 25.6. The number of nitrogens with two attached hydrogens (primary N) is 1. The van der Waals surface area contributed by atoms with E-state index in [0.717, 1.165) is 31.2 Å². The number of hydrogen-bond acceptors (Lipinski definition) is 6. The fourth-order valence-electron chi connectivity index (χ4n) is 3.76. The Morgan fingerprint density at radius 1 is 1.30 bits per heavy atom. The number of aryl methyl sites for hydroxylation is 1. The lowest BCUT2D eigenvalue weighted by atomic mass is 9.93. The van der Waals surface area contributed by atoms with E-state index in [-0.39, 0.29) is 17.4 Å². The normalized spacial score (nSPS) is 21.0. The molecule has 9 heteroatoms. The average molecular weight is 387 g/mol. The maximum Gasteiger partial charge on any atom is 0.254 e. The van der Waals surface area contributed by atoms with Gasteiger partial charge in [0.15, 0.2) is 15.7 Å². The van der Waals surface area contributed by atoms with Gasteiger partial charge in [0.2, 0.25) is 0 Å². The summed E-state index contributed by atoms with van der Waals surface area (Å²) in [5.74, 6) is -0.159. The van der Waals surface area contributed by atoms with Gasteiger partial charge in [0, 0.05) is 17.6 Å². The number of anilines is 2. The molecule has 1 amide bonds. The van der Waals surface area contributed by atoms with Crippen molar-refractivity contribution in [1.82, 2.24) is 9.78 Å². The molecule has 0 radical (unpaired) electrons. The average Bonchev–Trinajstić information content (AvgIpc) is 3.17. The van der Waals surface area contributed by atoms with E-state index in [4.69, 9.17) is 11.1 Å². The number of fused-ring (bicyclic) bond motifs is 1. The molecule has 1 atom stereocenters. The lowest BCUT2D eigenvalue weighted by Gasteiger charge is -2.23. The summed E-state index contributed by atoms with van der Waals surface area (Å²) in [6.45, 7) is 0. The summed E-state index contributed by atoms with van der Waals surface area (Å²) in [6, 6.07) is 4.86. The molecular weight excluding hydrogens is 366 g/mol. The summed E-state index contributed by atoms with van der Waals surface area (Å²) in [6.07, 6.45) is 5.63. The molecule has 0 saturated heterocycles. The number of primary amides is 1. The largest absolute Gasteiger partial charge is 0.365 e. The second-order valence-electron chi connectivity index (χ2n) is 7.04. The minimum absolute atomic E-state index is 0.122. The molecule has 1 aromatic heterocycles. The minimum atomic E-state index is -3.18. The maximum atomic E-state index is 12.0. The molecule has 0 unspecified atom stereocenters. The van der Waals surface area contributed by atoms with Crippen LogP contribution in [0.15, 0.2) is 29.3 Å². The van der Waals surface area contributed by atoms with Crippen LogP contribution in [0.4, 0.5) is 11.5 Å². The summed E-state index contributed by atoms with van der Waals surface area (Å²) in [4.78, 5) is 12.2. The van der Waals surface area contributed by atoms with Crippen molar-refractivity contribution in [2.75, 3.05) is 11.1 Å². The Hall–Kier alpha value is -2.68. The molecule has 1 aromatic carbocycles. The molecular formula is C18H21N5O3S. The molecule has 2 heterocycles. The molecule has 0 spiro atoms. The SMILES string of the molecule is N=C1CCCC[C@H]1n1cc(C(N)=O)c(Nc2ccc3c(c2)CCS3(=O)=O)n1. The van der Waals surface area contributed by atoms with E-state index in [1.807, 2.05) is 0 Å². The van der Waals surface area contributed by atoms with Gasteiger partial charge in [0.25, 0.3) is 5.91 Å². The fraction of sp³-hybridized carbons (Fsp3) is 0.389. The Bertz CT molecular complexity index is 1040. The van der Waals surface area contributed by atoms with Crippen molar-refractivity contribution in [3.63, 3.8) is 0 Å². The first-order chi connectivity index (χ1) is 12.8. The number of sulfone groups is 1. The van der Waals surface area contributed by atoms with Crippen molar-refractivity contribution in [2.24, 2.45) is 5.73 Å². The number of hydrogen-bond donors (Lipinski definition) is 3. The zero-order valence-corrected chi connectivity index (χ0v) is 15.6. The zero-order valence-electron chi connectivity index (χ0n) is 14.7. The summed E-state index contributed by atoms with van der Waals surface area (Å²) in [5.41, 5.74) is 7.77. The quantitative estimate of drug-likeness (QED) is 0.740. The van der Waals surface area contributed by atoms with E-state index < -0.39 is 15.7 Å². The topological polar surface area (TPSA) is 131 Å². The van der Waals surface area contributed by atoms with Crippen LogP contribution in [0, 0.1) is 5.41 Å². The van der Waals surface area contributed by atoms with Gasteiger partial charge in [-0.25, -0.2) is 8.42 Å². The highest BCUT2D eigenvalue weighted by atomic mass is 32.2. The number of carbonyl (C=O) groups is 1. The molecule has 4 rings (SSSR count). The smallest absolute Gasteiger partial charge is 0.254 e. The molecule has 1 saturated carbocycles. The van der Waals surface area contributed by atoms with Gasteiger partial charge in [-0.1, -0.05) is 6.42 Å². The highest BCUT2D eigenvalue weighted by Gasteiger charge is 2.27. The van der Waals surface area contributed by atoms with Gasteiger partial charge in [-0.3, -0.25) is 9.48 Å². The van der Waals surface area contributed by atoms with Crippen molar-refractivity contribution in [1.29, 1.82) is 5.41 Å². The van der Waals surface area contributed by atoms with Crippen LogP contribution in [0.3, 0.4) is 0 Å². The van der Waals surface area contributed by atoms with E-state index in [1.165, 1.54) is 0 Å². The molecule has 1 aliphatic heterocycles. The number of rotatable bonds is 4. The third-order valence-corrected chi connectivity index (χ3v) is 7.00.